The molecule has 0 bridgehead atoms. The smallest absolute Gasteiger partial charge is 0.164 e. The van der Waals surface area contributed by atoms with Gasteiger partial charge in [-0.05, 0) is 91.0 Å². The van der Waals surface area contributed by atoms with Gasteiger partial charge in [-0.15, -0.1) is 0 Å². The zero-order valence-corrected chi connectivity index (χ0v) is 29.8. The Bertz CT molecular complexity index is 2820. The fourth-order valence-corrected chi connectivity index (χ4v) is 8.81. The van der Waals surface area contributed by atoms with Gasteiger partial charge in [-0.3, -0.25) is 4.98 Å². The molecule has 256 valence electrons. The summed E-state index contributed by atoms with van der Waals surface area (Å²) in [5, 5.41) is 0. The Kier molecular flexibility index (Phi) is 7.04. The Balaban J connectivity index is 1.10. The second-order valence-electron chi connectivity index (χ2n) is 14.2. The van der Waals surface area contributed by atoms with Crippen LogP contribution >= 0.6 is 0 Å². The van der Waals surface area contributed by atoms with Gasteiger partial charge in [-0.1, -0.05) is 158 Å². The molecular formula is C51H32N4. The maximum absolute atomic E-state index is 5.03. The first-order chi connectivity index (χ1) is 27.3. The van der Waals surface area contributed by atoms with Gasteiger partial charge in [0.05, 0.1) is 5.41 Å². The number of fused-ring (bicyclic) bond motifs is 10. The van der Waals surface area contributed by atoms with Crippen LogP contribution < -0.4 is 0 Å². The van der Waals surface area contributed by atoms with E-state index in [4.69, 9.17) is 15.0 Å². The van der Waals surface area contributed by atoms with Crippen LogP contribution in [-0.2, 0) is 5.41 Å². The van der Waals surface area contributed by atoms with E-state index in [1.165, 1.54) is 44.5 Å². The fraction of sp³-hybridized carbons (Fsp3) is 0.0196. The van der Waals surface area contributed by atoms with Gasteiger partial charge in [-0.2, -0.15) is 0 Å². The molecule has 0 aliphatic heterocycles. The molecular weight excluding hydrogens is 669 g/mol. The predicted octanol–water partition coefficient (Wildman–Crippen LogP) is 11.9. The van der Waals surface area contributed by atoms with Crippen molar-refractivity contribution in [3.8, 4) is 78.7 Å². The van der Waals surface area contributed by atoms with Gasteiger partial charge < -0.3 is 0 Å². The van der Waals surface area contributed by atoms with Crippen molar-refractivity contribution in [3.63, 3.8) is 0 Å². The number of hydrogen-bond acceptors (Lipinski definition) is 4. The third-order valence-electron chi connectivity index (χ3n) is 11.2. The molecule has 7 aromatic carbocycles. The quantitative estimate of drug-likeness (QED) is 0.179. The summed E-state index contributed by atoms with van der Waals surface area (Å²) < 4.78 is 0. The van der Waals surface area contributed by atoms with Gasteiger partial charge >= 0.3 is 0 Å². The minimum absolute atomic E-state index is 0.479. The molecule has 0 fully saturated rings. The molecule has 9 aromatic rings. The molecule has 0 amide bonds. The van der Waals surface area contributed by atoms with Crippen LogP contribution in [0.25, 0.3) is 78.7 Å². The van der Waals surface area contributed by atoms with E-state index in [2.05, 4.69) is 120 Å². The average Bonchev–Trinajstić information content (AvgIpc) is 3.74. The minimum Gasteiger partial charge on any atom is -0.264 e. The molecule has 0 atom stereocenters. The van der Waals surface area contributed by atoms with Crippen molar-refractivity contribution in [1.82, 2.24) is 19.9 Å². The van der Waals surface area contributed by atoms with Crippen molar-refractivity contribution in [3.05, 3.63) is 217 Å². The number of rotatable bonds is 5. The summed E-state index contributed by atoms with van der Waals surface area (Å²) in [5.41, 5.74) is 17.2. The largest absolute Gasteiger partial charge is 0.264 e. The number of aromatic nitrogens is 4. The highest BCUT2D eigenvalue weighted by atomic mass is 15.0. The Morgan fingerprint density at radius 2 is 0.727 bits per heavy atom. The van der Waals surface area contributed by atoms with E-state index in [-0.39, 0.29) is 0 Å². The van der Waals surface area contributed by atoms with Crippen molar-refractivity contribution in [2.24, 2.45) is 0 Å². The van der Waals surface area contributed by atoms with E-state index in [1.807, 2.05) is 79.1 Å². The number of benzene rings is 7. The Labute approximate surface area is 319 Å². The van der Waals surface area contributed by atoms with E-state index in [1.54, 1.807) is 0 Å². The lowest BCUT2D eigenvalue weighted by Crippen LogP contribution is -2.26. The van der Waals surface area contributed by atoms with Crippen LogP contribution in [0.5, 0.6) is 0 Å². The summed E-state index contributed by atoms with van der Waals surface area (Å²) >= 11 is 0. The fourth-order valence-electron chi connectivity index (χ4n) is 8.81. The van der Waals surface area contributed by atoms with Crippen LogP contribution in [0.15, 0.2) is 194 Å². The van der Waals surface area contributed by atoms with E-state index in [9.17, 15) is 0 Å². The highest BCUT2D eigenvalue weighted by molar-refractivity contribution is 5.97. The lowest BCUT2D eigenvalue weighted by Gasteiger charge is -2.31. The van der Waals surface area contributed by atoms with Gasteiger partial charge in [0.1, 0.15) is 0 Å². The van der Waals surface area contributed by atoms with Crippen molar-refractivity contribution in [2.45, 2.75) is 5.41 Å². The molecule has 0 unspecified atom stereocenters. The summed E-state index contributed by atoms with van der Waals surface area (Å²) in [6.45, 7) is 0. The number of hydrogen-bond donors (Lipinski definition) is 0. The normalized spacial score (nSPS) is 12.9. The van der Waals surface area contributed by atoms with Crippen molar-refractivity contribution >= 4 is 0 Å². The first-order valence-electron chi connectivity index (χ1n) is 18.6. The molecule has 0 saturated carbocycles. The molecule has 2 aliphatic carbocycles. The molecule has 4 heteroatoms. The molecule has 2 aromatic heterocycles. The standard InChI is InChI=1S/C51H32N4/c1-3-13-33(14-4-1)48-53-49(34-15-5-2-6-16-34)55-50(54-48)38-18-11-17-35(29-38)36-24-26-42-43-27-25-37(39-19-12-28-52-32-39)31-47(43)51(46(42)30-36)44-22-9-7-20-40(44)41-21-8-10-23-45(41)51/h1-32H. The molecule has 1 spiro atoms. The second-order valence-corrected chi connectivity index (χ2v) is 14.2. The minimum atomic E-state index is -0.479. The SMILES string of the molecule is c1ccc(-c2nc(-c3ccccc3)nc(-c3cccc(-c4ccc5c(c4)C4(c6ccccc6-c6ccccc64)c4cc(-c6cccnc6)ccc4-5)c3)n2)cc1. The zero-order chi connectivity index (χ0) is 36.3. The van der Waals surface area contributed by atoms with Crippen LogP contribution in [-0.4, -0.2) is 19.9 Å². The lowest BCUT2D eigenvalue weighted by atomic mass is 9.70. The van der Waals surface area contributed by atoms with Gasteiger partial charge in [-0.25, -0.2) is 15.0 Å². The van der Waals surface area contributed by atoms with Crippen LogP contribution in [0, 0.1) is 0 Å². The van der Waals surface area contributed by atoms with Crippen LogP contribution in [0.2, 0.25) is 0 Å². The van der Waals surface area contributed by atoms with Crippen molar-refractivity contribution in [1.29, 1.82) is 0 Å². The first kappa shape index (κ1) is 31.2. The molecule has 4 nitrogen and oxygen atoms in total. The van der Waals surface area contributed by atoms with Gasteiger partial charge in [0.2, 0.25) is 0 Å². The van der Waals surface area contributed by atoms with E-state index in [0.29, 0.717) is 17.5 Å². The van der Waals surface area contributed by atoms with Crippen LogP contribution in [0.3, 0.4) is 0 Å². The van der Waals surface area contributed by atoms with Crippen LogP contribution in [0.1, 0.15) is 22.3 Å². The number of nitrogens with zero attached hydrogens (tertiary/aromatic N) is 4. The van der Waals surface area contributed by atoms with Gasteiger partial charge in [0.15, 0.2) is 17.5 Å². The van der Waals surface area contributed by atoms with E-state index >= 15 is 0 Å². The van der Waals surface area contributed by atoms with E-state index < -0.39 is 5.41 Å². The van der Waals surface area contributed by atoms with Gasteiger partial charge in [0, 0.05) is 29.1 Å². The third kappa shape index (κ3) is 4.85. The van der Waals surface area contributed by atoms with Crippen molar-refractivity contribution < 1.29 is 0 Å². The lowest BCUT2D eigenvalue weighted by molar-refractivity contribution is 0.794. The Hall–Kier alpha value is -7.30. The molecule has 2 aliphatic rings. The zero-order valence-electron chi connectivity index (χ0n) is 29.8. The summed E-state index contributed by atoms with van der Waals surface area (Å²) in [6, 6.07) is 64.9. The summed E-state index contributed by atoms with van der Waals surface area (Å²) in [6.07, 6.45) is 3.79. The molecule has 0 saturated heterocycles. The summed E-state index contributed by atoms with van der Waals surface area (Å²) in [4.78, 5) is 19.4. The monoisotopic (exact) mass is 700 g/mol. The highest BCUT2D eigenvalue weighted by Crippen LogP contribution is 2.63. The predicted molar refractivity (Wildman–Crippen MR) is 221 cm³/mol. The molecule has 11 rings (SSSR count). The Morgan fingerprint density at radius 3 is 1.29 bits per heavy atom. The third-order valence-corrected chi connectivity index (χ3v) is 11.2. The highest BCUT2D eigenvalue weighted by Gasteiger charge is 2.51. The number of pyridine rings is 1. The molecule has 0 N–H and O–H groups in total. The molecule has 2 heterocycles. The first-order valence-corrected chi connectivity index (χ1v) is 18.6. The summed E-state index contributed by atoms with van der Waals surface area (Å²) in [5.74, 6) is 1.94. The van der Waals surface area contributed by atoms with Crippen molar-refractivity contribution in [2.75, 3.05) is 0 Å². The Morgan fingerprint density at radius 1 is 0.291 bits per heavy atom. The second kappa shape index (κ2) is 12.4. The van der Waals surface area contributed by atoms with Crippen LogP contribution in [0.4, 0.5) is 0 Å². The molecule has 0 radical (unpaired) electrons. The van der Waals surface area contributed by atoms with E-state index in [0.717, 1.165) is 38.9 Å². The average molecular weight is 701 g/mol. The summed E-state index contributed by atoms with van der Waals surface area (Å²) in [7, 11) is 0. The maximum Gasteiger partial charge on any atom is 0.164 e. The van der Waals surface area contributed by atoms with Gasteiger partial charge in [0.25, 0.3) is 0 Å². The molecule has 55 heavy (non-hydrogen) atoms. The topological polar surface area (TPSA) is 51.6 Å². The maximum atomic E-state index is 5.03.